The summed E-state index contributed by atoms with van der Waals surface area (Å²) >= 11 is 0. The molecule has 36 heavy (non-hydrogen) atoms. The lowest BCUT2D eigenvalue weighted by Gasteiger charge is -2.26. The Morgan fingerprint density at radius 2 is 1.97 bits per heavy atom. The van der Waals surface area contributed by atoms with Crippen LogP contribution in [0.4, 0.5) is 26.2 Å². The fourth-order valence-corrected chi connectivity index (χ4v) is 4.64. The van der Waals surface area contributed by atoms with Crippen molar-refractivity contribution in [2.45, 2.75) is 19.4 Å². The molecule has 0 aliphatic carbocycles. The average molecular weight is 499 g/mol. The second-order valence-corrected chi connectivity index (χ2v) is 9.06. The second kappa shape index (κ2) is 11.4. The highest BCUT2D eigenvalue weighted by Gasteiger charge is 2.33. The van der Waals surface area contributed by atoms with E-state index in [1.54, 1.807) is 17.0 Å². The maximum Gasteiger partial charge on any atom is 0.414 e. The SMILES string of the molecule is COCC(=O)N(CC1CCN(c2ccc(N3CC(CNC(C)=O)OC3=O)cc2F)C1)c1ccccc1. The van der Waals surface area contributed by atoms with E-state index in [0.717, 1.165) is 12.1 Å². The number of para-hydroxylation sites is 1. The zero-order chi connectivity index (χ0) is 25.7. The van der Waals surface area contributed by atoms with Crippen molar-refractivity contribution < 1.29 is 28.2 Å². The van der Waals surface area contributed by atoms with Crippen LogP contribution in [0.2, 0.25) is 0 Å². The van der Waals surface area contributed by atoms with Gasteiger partial charge in [0.1, 0.15) is 18.5 Å². The lowest BCUT2D eigenvalue weighted by molar-refractivity contribution is -0.122. The molecule has 9 nitrogen and oxygen atoms in total. The lowest BCUT2D eigenvalue weighted by atomic mass is 10.1. The molecule has 10 heteroatoms. The number of amides is 3. The predicted octanol–water partition coefficient (Wildman–Crippen LogP) is 2.79. The van der Waals surface area contributed by atoms with E-state index in [4.69, 9.17) is 9.47 Å². The van der Waals surface area contributed by atoms with Crippen LogP contribution in [0.25, 0.3) is 0 Å². The Morgan fingerprint density at radius 3 is 2.67 bits per heavy atom. The molecule has 0 aromatic heterocycles. The second-order valence-electron chi connectivity index (χ2n) is 9.06. The molecule has 2 fully saturated rings. The first-order chi connectivity index (χ1) is 17.4. The van der Waals surface area contributed by atoms with Crippen LogP contribution in [0.1, 0.15) is 13.3 Å². The Hall–Kier alpha value is -3.66. The molecule has 2 aliphatic heterocycles. The molecule has 0 spiro atoms. The van der Waals surface area contributed by atoms with E-state index < -0.39 is 18.0 Å². The summed E-state index contributed by atoms with van der Waals surface area (Å²) in [6, 6.07) is 14.2. The van der Waals surface area contributed by atoms with Gasteiger partial charge in [-0.3, -0.25) is 14.5 Å². The minimum atomic E-state index is -0.569. The van der Waals surface area contributed by atoms with Crippen molar-refractivity contribution in [3.05, 3.63) is 54.3 Å². The van der Waals surface area contributed by atoms with Crippen LogP contribution in [-0.2, 0) is 19.1 Å². The number of hydrogen-bond donors (Lipinski definition) is 1. The topological polar surface area (TPSA) is 91.4 Å². The summed E-state index contributed by atoms with van der Waals surface area (Å²) < 4.78 is 25.5. The summed E-state index contributed by atoms with van der Waals surface area (Å²) in [5, 5.41) is 2.62. The van der Waals surface area contributed by atoms with Crippen LogP contribution >= 0.6 is 0 Å². The first-order valence-electron chi connectivity index (χ1n) is 12.0. The van der Waals surface area contributed by atoms with Gasteiger partial charge in [-0.1, -0.05) is 18.2 Å². The molecule has 2 atom stereocenters. The molecular formula is C26H31FN4O5. The zero-order valence-corrected chi connectivity index (χ0v) is 20.5. The first kappa shape index (κ1) is 25.4. The molecule has 0 saturated carbocycles. The molecule has 2 aliphatic rings. The predicted molar refractivity (Wildman–Crippen MR) is 134 cm³/mol. The third kappa shape index (κ3) is 5.93. The van der Waals surface area contributed by atoms with Crippen LogP contribution in [0, 0.1) is 11.7 Å². The molecule has 2 heterocycles. The van der Waals surface area contributed by atoms with Crippen LogP contribution in [-0.4, -0.2) is 70.5 Å². The van der Waals surface area contributed by atoms with Crippen LogP contribution < -0.4 is 20.0 Å². The first-order valence-corrected chi connectivity index (χ1v) is 12.0. The lowest BCUT2D eigenvalue weighted by Crippen LogP contribution is -2.38. The maximum atomic E-state index is 15.2. The molecule has 0 radical (unpaired) electrons. The number of nitrogens with zero attached hydrogens (tertiary/aromatic N) is 3. The molecule has 3 amide bonds. The Balaban J connectivity index is 1.40. The van der Waals surface area contributed by atoms with Crippen molar-refractivity contribution >= 4 is 35.0 Å². The van der Waals surface area contributed by atoms with Crippen molar-refractivity contribution in [1.82, 2.24) is 5.32 Å². The summed E-state index contributed by atoms with van der Waals surface area (Å²) in [6.07, 6.45) is -0.244. The van der Waals surface area contributed by atoms with Crippen LogP contribution in [0.5, 0.6) is 0 Å². The maximum absolute atomic E-state index is 15.2. The Kier molecular flexibility index (Phi) is 8.04. The van der Waals surface area contributed by atoms with E-state index in [0.29, 0.717) is 31.0 Å². The summed E-state index contributed by atoms with van der Waals surface area (Å²) in [4.78, 5) is 41.1. The molecule has 4 rings (SSSR count). The van der Waals surface area contributed by atoms with Gasteiger partial charge in [0.15, 0.2) is 0 Å². The van der Waals surface area contributed by atoms with Gasteiger partial charge in [0.05, 0.1) is 24.5 Å². The van der Waals surface area contributed by atoms with Gasteiger partial charge < -0.3 is 24.6 Å². The average Bonchev–Trinajstić information content (AvgIpc) is 3.48. The van der Waals surface area contributed by atoms with Gasteiger partial charge in [-0.2, -0.15) is 0 Å². The van der Waals surface area contributed by atoms with Crippen molar-refractivity contribution in [2.24, 2.45) is 5.92 Å². The number of rotatable bonds is 9. The van der Waals surface area contributed by atoms with E-state index in [2.05, 4.69) is 5.32 Å². The van der Waals surface area contributed by atoms with E-state index in [-0.39, 0.29) is 37.4 Å². The molecule has 192 valence electrons. The van der Waals surface area contributed by atoms with Crippen LogP contribution in [0.15, 0.2) is 48.5 Å². The van der Waals surface area contributed by atoms with E-state index in [1.807, 2.05) is 35.2 Å². The molecule has 2 unspecified atom stereocenters. The van der Waals surface area contributed by atoms with E-state index in [1.165, 1.54) is 25.0 Å². The molecular weight excluding hydrogens is 467 g/mol. The van der Waals surface area contributed by atoms with Gasteiger partial charge in [0.25, 0.3) is 5.91 Å². The van der Waals surface area contributed by atoms with Crippen molar-refractivity contribution in [3.63, 3.8) is 0 Å². The Morgan fingerprint density at radius 1 is 1.19 bits per heavy atom. The minimum Gasteiger partial charge on any atom is -0.442 e. The number of hydrogen-bond acceptors (Lipinski definition) is 6. The Bertz CT molecular complexity index is 1100. The normalized spacial score (nSPS) is 19.4. The van der Waals surface area contributed by atoms with Gasteiger partial charge >= 0.3 is 6.09 Å². The van der Waals surface area contributed by atoms with Gasteiger partial charge in [0.2, 0.25) is 5.91 Å². The monoisotopic (exact) mass is 498 g/mol. The number of ether oxygens (including phenoxy) is 2. The number of carbonyl (C=O) groups is 3. The van der Waals surface area contributed by atoms with E-state index in [9.17, 15) is 14.4 Å². The van der Waals surface area contributed by atoms with Crippen LogP contribution in [0.3, 0.4) is 0 Å². The highest BCUT2D eigenvalue weighted by Crippen LogP contribution is 2.31. The van der Waals surface area contributed by atoms with Gasteiger partial charge in [-0.05, 0) is 42.7 Å². The third-order valence-electron chi connectivity index (χ3n) is 6.40. The summed E-state index contributed by atoms with van der Waals surface area (Å²) in [7, 11) is 1.50. The number of halogens is 1. The van der Waals surface area contributed by atoms with Crippen molar-refractivity contribution in [3.8, 4) is 0 Å². The third-order valence-corrected chi connectivity index (χ3v) is 6.40. The number of carbonyl (C=O) groups excluding carboxylic acids is 3. The van der Waals surface area contributed by atoms with Crippen molar-refractivity contribution in [1.29, 1.82) is 0 Å². The van der Waals surface area contributed by atoms with Crippen molar-refractivity contribution in [2.75, 3.05) is 61.1 Å². The zero-order valence-electron chi connectivity index (χ0n) is 20.5. The highest BCUT2D eigenvalue weighted by atomic mass is 19.1. The number of anilines is 3. The molecule has 2 aromatic carbocycles. The number of cyclic esters (lactones) is 1. The summed E-state index contributed by atoms with van der Waals surface area (Å²) in [5.74, 6) is -0.597. The minimum absolute atomic E-state index is 0.00791. The highest BCUT2D eigenvalue weighted by molar-refractivity contribution is 5.94. The van der Waals surface area contributed by atoms with Gasteiger partial charge in [-0.25, -0.2) is 9.18 Å². The molecule has 0 bridgehead atoms. The number of methoxy groups -OCH3 is 1. The van der Waals surface area contributed by atoms with Gasteiger partial charge in [-0.15, -0.1) is 0 Å². The Labute approximate surface area is 209 Å². The van der Waals surface area contributed by atoms with Gasteiger partial charge in [0, 0.05) is 39.4 Å². The quantitative estimate of drug-likeness (QED) is 0.572. The molecule has 2 saturated heterocycles. The summed E-state index contributed by atoms with van der Waals surface area (Å²) in [6.45, 7) is 3.59. The smallest absolute Gasteiger partial charge is 0.414 e. The summed E-state index contributed by atoms with van der Waals surface area (Å²) in [5.41, 5.74) is 1.67. The molecule has 1 N–H and O–H groups in total. The number of nitrogens with one attached hydrogen (secondary N) is 1. The molecule has 2 aromatic rings. The fourth-order valence-electron chi connectivity index (χ4n) is 4.64. The fraction of sp³-hybridized carbons (Fsp3) is 0.423. The number of benzene rings is 2. The largest absolute Gasteiger partial charge is 0.442 e. The standard InChI is InChI=1S/C26H31FN4O5/c1-18(32)28-13-22-16-31(26(34)36-22)21-8-9-24(23(27)12-21)29-11-10-19(14-29)15-30(25(33)17-35-2)20-6-4-3-5-7-20/h3-9,12,19,22H,10-11,13-17H2,1-2H3,(H,28,32). The van der Waals surface area contributed by atoms with E-state index >= 15 is 4.39 Å².